The SMILES string of the molecule is CC(C)NC1CS(=O)(=O)c2ccc(Br)cc21. The Bertz CT molecular complexity index is 511. The third kappa shape index (κ3) is 2.17. The smallest absolute Gasteiger partial charge is 0.180 e. The highest BCUT2D eigenvalue weighted by molar-refractivity contribution is 9.10. The Balaban J connectivity index is 2.48. The van der Waals surface area contributed by atoms with Gasteiger partial charge < -0.3 is 5.32 Å². The van der Waals surface area contributed by atoms with E-state index in [4.69, 9.17) is 0 Å². The van der Waals surface area contributed by atoms with Crippen molar-refractivity contribution in [2.24, 2.45) is 0 Å². The molecule has 0 saturated carbocycles. The first-order valence-electron chi connectivity index (χ1n) is 5.18. The van der Waals surface area contributed by atoms with E-state index in [1.165, 1.54) is 0 Å². The van der Waals surface area contributed by atoms with Crippen LogP contribution in [-0.4, -0.2) is 20.2 Å². The summed E-state index contributed by atoms with van der Waals surface area (Å²) in [6.07, 6.45) is 0. The molecule has 0 fully saturated rings. The minimum atomic E-state index is -3.10. The van der Waals surface area contributed by atoms with Crippen molar-refractivity contribution in [3.8, 4) is 0 Å². The van der Waals surface area contributed by atoms with E-state index in [1.807, 2.05) is 19.9 Å². The molecule has 1 heterocycles. The number of halogens is 1. The van der Waals surface area contributed by atoms with Crippen molar-refractivity contribution in [3.63, 3.8) is 0 Å². The maximum atomic E-state index is 11.9. The second kappa shape index (κ2) is 4.13. The lowest BCUT2D eigenvalue weighted by atomic mass is 10.1. The summed E-state index contributed by atoms with van der Waals surface area (Å²) in [6.45, 7) is 4.03. The molecule has 2 rings (SSSR count). The Labute approximate surface area is 104 Å². The van der Waals surface area contributed by atoms with E-state index in [-0.39, 0.29) is 17.8 Å². The van der Waals surface area contributed by atoms with Crippen LogP contribution in [0.2, 0.25) is 0 Å². The monoisotopic (exact) mass is 303 g/mol. The highest BCUT2D eigenvalue weighted by Gasteiger charge is 2.34. The molecule has 16 heavy (non-hydrogen) atoms. The number of hydrogen-bond acceptors (Lipinski definition) is 3. The fourth-order valence-electron chi connectivity index (χ4n) is 2.01. The van der Waals surface area contributed by atoms with E-state index in [9.17, 15) is 8.42 Å². The van der Waals surface area contributed by atoms with Crippen molar-refractivity contribution in [2.45, 2.75) is 30.8 Å². The molecular formula is C11H14BrNO2S. The molecule has 0 saturated heterocycles. The number of sulfone groups is 1. The van der Waals surface area contributed by atoms with Crippen molar-refractivity contribution in [3.05, 3.63) is 28.2 Å². The lowest BCUT2D eigenvalue weighted by Gasteiger charge is -2.15. The predicted molar refractivity (Wildman–Crippen MR) is 67.2 cm³/mol. The summed E-state index contributed by atoms with van der Waals surface area (Å²) in [5, 5.41) is 3.28. The Kier molecular flexibility index (Phi) is 3.11. The molecule has 1 atom stereocenters. The van der Waals surface area contributed by atoms with Gasteiger partial charge in [-0.2, -0.15) is 0 Å². The van der Waals surface area contributed by atoms with Gasteiger partial charge in [-0.1, -0.05) is 29.8 Å². The first kappa shape index (κ1) is 12.1. The number of benzene rings is 1. The zero-order valence-corrected chi connectivity index (χ0v) is 11.6. The molecule has 5 heteroatoms. The minimum Gasteiger partial charge on any atom is -0.307 e. The van der Waals surface area contributed by atoms with Crippen LogP contribution in [0.5, 0.6) is 0 Å². The van der Waals surface area contributed by atoms with Gasteiger partial charge >= 0.3 is 0 Å². The van der Waals surface area contributed by atoms with Crippen LogP contribution in [-0.2, 0) is 9.84 Å². The maximum Gasteiger partial charge on any atom is 0.180 e. The summed E-state index contributed by atoms with van der Waals surface area (Å²) in [6, 6.07) is 5.52. The van der Waals surface area contributed by atoms with E-state index < -0.39 is 9.84 Å². The number of nitrogens with one attached hydrogen (secondary N) is 1. The molecule has 1 unspecified atom stereocenters. The van der Waals surface area contributed by atoms with E-state index >= 15 is 0 Å². The van der Waals surface area contributed by atoms with Crippen LogP contribution in [0, 0.1) is 0 Å². The fraction of sp³-hybridized carbons (Fsp3) is 0.455. The molecule has 0 radical (unpaired) electrons. The minimum absolute atomic E-state index is 0.0856. The van der Waals surface area contributed by atoms with Gasteiger partial charge in [0, 0.05) is 16.6 Å². The lowest BCUT2D eigenvalue weighted by Crippen LogP contribution is -2.29. The van der Waals surface area contributed by atoms with Crippen molar-refractivity contribution >= 4 is 25.8 Å². The molecule has 1 aliphatic rings. The summed E-state index contributed by atoms with van der Waals surface area (Å²) in [4.78, 5) is 0.467. The van der Waals surface area contributed by atoms with Gasteiger partial charge in [-0.15, -0.1) is 0 Å². The molecule has 0 bridgehead atoms. The summed E-state index contributed by atoms with van der Waals surface area (Å²) >= 11 is 3.37. The van der Waals surface area contributed by atoms with Crippen LogP contribution < -0.4 is 5.32 Å². The highest BCUT2D eigenvalue weighted by Crippen LogP contribution is 2.35. The summed E-state index contributed by atoms with van der Waals surface area (Å²) in [7, 11) is -3.10. The molecule has 1 aromatic carbocycles. The lowest BCUT2D eigenvalue weighted by molar-refractivity contribution is 0.508. The van der Waals surface area contributed by atoms with Crippen molar-refractivity contribution in [1.29, 1.82) is 0 Å². The van der Waals surface area contributed by atoms with Gasteiger partial charge in [0.15, 0.2) is 9.84 Å². The first-order valence-corrected chi connectivity index (χ1v) is 7.63. The average Bonchev–Trinajstić information content (AvgIpc) is 2.37. The summed E-state index contributed by atoms with van der Waals surface area (Å²) < 4.78 is 24.7. The van der Waals surface area contributed by atoms with Crippen molar-refractivity contribution < 1.29 is 8.42 Å². The largest absolute Gasteiger partial charge is 0.307 e. The fourth-order valence-corrected chi connectivity index (χ4v) is 4.12. The first-order chi connectivity index (χ1) is 7.40. The molecular weight excluding hydrogens is 290 g/mol. The molecule has 0 aliphatic carbocycles. The van der Waals surface area contributed by atoms with Crippen molar-refractivity contribution in [2.75, 3.05) is 5.75 Å². The molecule has 1 aliphatic heterocycles. The number of hydrogen-bond donors (Lipinski definition) is 1. The third-order valence-corrected chi connectivity index (χ3v) is 4.91. The molecule has 88 valence electrons. The Morgan fingerprint density at radius 2 is 2.12 bits per heavy atom. The molecule has 1 aromatic rings. The second-order valence-electron chi connectivity index (χ2n) is 4.34. The van der Waals surface area contributed by atoms with Crippen LogP contribution in [0.4, 0.5) is 0 Å². The van der Waals surface area contributed by atoms with E-state index in [0.717, 1.165) is 10.0 Å². The van der Waals surface area contributed by atoms with Crippen LogP contribution in [0.1, 0.15) is 25.5 Å². The van der Waals surface area contributed by atoms with Gasteiger partial charge in [-0.25, -0.2) is 8.42 Å². The van der Waals surface area contributed by atoms with Crippen molar-refractivity contribution in [1.82, 2.24) is 5.32 Å². The van der Waals surface area contributed by atoms with Gasteiger partial charge in [0.25, 0.3) is 0 Å². The van der Waals surface area contributed by atoms with Gasteiger partial charge in [0.1, 0.15) is 0 Å². The van der Waals surface area contributed by atoms with E-state index in [1.54, 1.807) is 12.1 Å². The quantitative estimate of drug-likeness (QED) is 0.912. The summed E-state index contributed by atoms with van der Waals surface area (Å²) in [5.41, 5.74) is 0.878. The topological polar surface area (TPSA) is 46.2 Å². The third-order valence-electron chi connectivity index (χ3n) is 2.60. The number of fused-ring (bicyclic) bond motifs is 1. The molecule has 0 aromatic heterocycles. The summed E-state index contributed by atoms with van der Waals surface area (Å²) in [5.74, 6) is 0.164. The second-order valence-corrected chi connectivity index (χ2v) is 7.26. The van der Waals surface area contributed by atoms with Crippen LogP contribution in [0.25, 0.3) is 0 Å². The standard InChI is InChI=1S/C11H14BrNO2S/c1-7(2)13-10-6-16(14,15)11-4-3-8(12)5-9(10)11/h3-5,7,10,13H,6H2,1-2H3. The average molecular weight is 304 g/mol. The van der Waals surface area contributed by atoms with Crippen LogP contribution >= 0.6 is 15.9 Å². The normalized spacial score (nSPS) is 22.4. The zero-order valence-electron chi connectivity index (χ0n) is 9.20. The predicted octanol–water partition coefficient (Wildman–Crippen LogP) is 2.28. The molecule has 1 N–H and O–H groups in total. The van der Waals surface area contributed by atoms with Gasteiger partial charge in [-0.3, -0.25) is 0 Å². The molecule has 0 spiro atoms. The highest BCUT2D eigenvalue weighted by atomic mass is 79.9. The van der Waals surface area contributed by atoms with Crippen LogP contribution in [0.15, 0.2) is 27.6 Å². The van der Waals surface area contributed by atoms with Gasteiger partial charge in [-0.05, 0) is 23.8 Å². The maximum absolute atomic E-state index is 11.9. The van der Waals surface area contributed by atoms with Crippen LogP contribution in [0.3, 0.4) is 0 Å². The molecule has 0 amide bonds. The van der Waals surface area contributed by atoms with Gasteiger partial charge in [0.2, 0.25) is 0 Å². The Morgan fingerprint density at radius 1 is 1.44 bits per heavy atom. The molecule has 3 nitrogen and oxygen atoms in total. The van der Waals surface area contributed by atoms with E-state index in [2.05, 4.69) is 21.2 Å². The zero-order chi connectivity index (χ0) is 11.9. The van der Waals surface area contributed by atoms with Gasteiger partial charge in [0.05, 0.1) is 10.6 Å². The number of rotatable bonds is 2. The van der Waals surface area contributed by atoms with E-state index in [0.29, 0.717) is 4.90 Å². The Morgan fingerprint density at radius 3 is 2.75 bits per heavy atom. The Hall–Kier alpha value is -0.390.